The van der Waals surface area contributed by atoms with E-state index in [4.69, 9.17) is 5.73 Å². The Hall–Kier alpha value is -1.49. The van der Waals surface area contributed by atoms with Crippen LogP contribution in [0.15, 0.2) is 36.4 Å². The Morgan fingerprint density at radius 2 is 2.16 bits per heavy atom. The first-order chi connectivity index (χ1) is 9.11. The van der Waals surface area contributed by atoms with Crippen LogP contribution in [0, 0.1) is 0 Å². The zero-order valence-electron chi connectivity index (χ0n) is 10.8. The maximum atomic E-state index is 11.3. The molecule has 0 saturated heterocycles. The van der Waals surface area contributed by atoms with E-state index in [-0.39, 0.29) is 5.78 Å². The molecule has 0 bridgehead atoms. The van der Waals surface area contributed by atoms with Gasteiger partial charge in [0, 0.05) is 4.88 Å². The smallest absolute Gasteiger partial charge is 0.169 e. The van der Waals surface area contributed by atoms with Crippen LogP contribution in [-0.4, -0.2) is 17.4 Å². The predicted octanol–water partition coefficient (Wildman–Crippen LogP) is 3.00. The van der Waals surface area contributed by atoms with E-state index in [1.807, 2.05) is 36.4 Å². The maximum absolute atomic E-state index is 11.3. The van der Waals surface area contributed by atoms with Crippen LogP contribution in [0.4, 0.5) is 0 Å². The third-order valence-corrected chi connectivity index (χ3v) is 4.18. The van der Waals surface area contributed by atoms with E-state index in [2.05, 4.69) is 0 Å². The Morgan fingerprint density at radius 1 is 1.37 bits per heavy atom. The molecule has 2 rings (SSSR count). The third-order valence-electron chi connectivity index (χ3n) is 2.95. The topological polar surface area (TPSA) is 63.3 Å². The SMILES string of the molecule is CC(=O)c1ccc(-c2cccc(C(O)CCN)c2)s1. The molecule has 0 fully saturated rings. The largest absolute Gasteiger partial charge is 0.388 e. The van der Waals surface area contributed by atoms with Gasteiger partial charge in [0.15, 0.2) is 5.78 Å². The minimum absolute atomic E-state index is 0.0792. The second kappa shape index (κ2) is 6.10. The van der Waals surface area contributed by atoms with Crippen LogP contribution in [0.1, 0.15) is 34.7 Å². The molecular weight excluding hydrogens is 258 g/mol. The van der Waals surface area contributed by atoms with Crippen molar-refractivity contribution in [2.45, 2.75) is 19.4 Å². The van der Waals surface area contributed by atoms with Crippen LogP contribution < -0.4 is 5.73 Å². The highest BCUT2D eigenvalue weighted by Gasteiger charge is 2.10. The van der Waals surface area contributed by atoms with Crippen molar-refractivity contribution >= 4 is 17.1 Å². The summed E-state index contributed by atoms with van der Waals surface area (Å²) in [6.45, 7) is 2.02. The number of nitrogens with two attached hydrogens (primary N) is 1. The number of thiophene rings is 1. The van der Waals surface area contributed by atoms with Crippen molar-refractivity contribution in [2.75, 3.05) is 6.54 Å². The van der Waals surface area contributed by atoms with Gasteiger partial charge in [-0.25, -0.2) is 0 Å². The van der Waals surface area contributed by atoms with Crippen molar-refractivity contribution in [1.82, 2.24) is 0 Å². The zero-order valence-corrected chi connectivity index (χ0v) is 11.6. The fourth-order valence-electron chi connectivity index (χ4n) is 1.91. The lowest BCUT2D eigenvalue weighted by Gasteiger charge is -2.10. The molecule has 0 radical (unpaired) electrons. The number of rotatable bonds is 5. The molecule has 0 spiro atoms. The van der Waals surface area contributed by atoms with Crippen molar-refractivity contribution in [3.8, 4) is 10.4 Å². The number of hydrogen-bond acceptors (Lipinski definition) is 4. The zero-order chi connectivity index (χ0) is 13.8. The number of benzene rings is 1. The average Bonchev–Trinajstić information content (AvgIpc) is 2.89. The Morgan fingerprint density at radius 3 is 2.79 bits per heavy atom. The molecule has 0 aliphatic carbocycles. The van der Waals surface area contributed by atoms with Gasteiger partial charge in [0.2, 0.25) is 0 Å². The van der Waals surface area contributed by atoms with Gasteiger partial charge in [-0.05, 0) is 49.2 Å². The lowest BCUT2D eigenvalue weighted by Crippen LogP contribution is -2.06. The first kappa shape index (κ1) is 13.9. The second-order valence-electron chi connectivity index (χ2n) is 4.44. The summed E-state index contributed by atoms with van der Waals surface area (Å²) in [7, 11) is 0. The number of carbonyl (C=O) groups is 1. The highest BCUT2D eigenvalue weighted by atomic mass is 32.1. The lowest BCUT2D eigenvalue weighted by atomic mass is 10.0. The number of carbonyl (C=O) groups excluding carboxylic acids is 1. The van der Waals surface area contributed by atoms with Gasteiger partial charge in [-0.2, -0.15) is 0 Å². The summed E-state index contributed by atoms with van der Waals surface area (Å²) in [6, 6.07) is 11.5. The van der Waals surface area contributed by atoms with Gasteiger partial charge in [0.25, 0.3) is 0 Å². The standard InChI is InChI=1S/C15H17NO2S/c1-10(17)14-5-6-15(19-14)12-4-2-3-11(9-12)13(18)7-8-16/h2-6,9,13,18H,7-8,16H2,1H3. The number of aliphatic hydroxyl groups is 1. The fourth-order valence-corrected chi connectivity index (χ4v) is 2.80. The Balaban J connectivity index is 2.29. The summed E-state index contributed by atoms with van der Waals surface area (Å²) in [6.07, 6.45) is 0.0178. The highest BCUT2D eigenvalue weighted by molar-refractivity contribution is 7.17. The van der Waals surface area contributed by atoms with E-state index >= 15 is 0 Å². The molecule has 4 heteroatoms. The van der Waals surface area contributed by atoms with Crippen molar-refractivity contribution in [2.24, 2.45) is 5.73 Å². The van der Waals surface area contributed by atoms with Crippen LogP contribution >= 0.6 is 11.3 Å². The van der Waals surface area contributed by atoms with E-state index in [0.717, 1.165) is 20.9 Å². The molecule has 0 amide bonds. The van der Waals surface area contributed by atoms with Gasteiger partial charge >= 0.3 is 0 Å². The van der Waals surface area contributed by atoms with E-state index in [1.165, 1.54) is 11.3 Å². The molecule has 1 heterocycles. The number of Topliss-reactive ketones (excluding diaryl/α,β-unsaturated/α-hetero) is 1. The van der Waals surface area contributed by atoms with Crippen molar-refractivity contribution in [1.29, 1.82) is 0 Å². The van der Waals surface area contributed by atoms with Crippen molar-refractivity contribution in [3.63, 3.8) is 0 Å². The summed E-state index contributed by atoms with van der Waals surface area (Å²) in [5.41, 5.74) is 7.34. The minimum Gasteiger partial charge on any atom is -0.388 e. The molecule has 0 aliphatic rings. The van der Waals surface area contributed by atoms with Crippen molar-refractivity contribution in [3.05, 3.63) is 46.8 Å². The molecule has 1 atom stereocenters. The summed E-state index contributed by atoms with van der Waals surface area (Å²) >= 11 is 1.47. The molecule has 100 valence electrons. The van der Waals surface area contributed by atoms with Crippen LogP contribution in [0.3, 0.4) is 0 Å². The molecule has 19 heavy (non-hydrogen) atoms. The number of hydrogen-bond donors (Lipinski definition) is 2. The molecule has 0 saturated carbocycles. The van der Waals surface area contributed by atoms with Crippen LogP contribution in [0.2, 0.25) is 0 Å². The molecule has 3 nitrogen and oxygen atoms in total. The van der Waals surface area contributed by atoms with Gasteiger partial charge in [-0.15, -0.1) is 11.3 Å². The minimum atomic E-state index is -0.530. The summed E-state index contributed by atoms with van der Waals surface area (Å²) in [5.74, 6) is 0.0792. The van der Waals surface area contributed by atoms with Crippen LogP contribution in [0.25, 0.3) is 10.4 Å². The monoisotopic (exact) mass is 275 g/mol. The molecule has 1 aromatic heterocycles. The Bertz CT molecular complexity index is 577. The molecule has 1 aromatic carbocycles. The first-order valence-electron chi connectivity index (χ1n) is 6.21. The third kappa shape index (κ3) is 3.29. The summed E-state index contributed by atoms with van der Waals surface area (Å²) in [4.78, 5) is 13.1. The number of ketones is 1. The van der Waals surface area contributed by atoms with Crippen LogP contribution in [-0.2, 0) is 0 Å². The molecule has 0 aliphatic heterocycles. The van der Waals surface area contributed by atoms with Gasteiger partial charge < -0.3 is 10.8 Å². The highest BCUT2D eigenvalue weighted by Crippen LogP contribution is 2.30. The Labute approximate surface area is 116 Å². The normalized spacial score (nSPS) is 12.4. The van der Waals surface area contributed by atoms with E-state index < -0.39 is 6.10 Å². The first-order valence-corrected chi connectivity index (χ1v) is 7.02. The quantitative estimate of drug-likeness (QED) is 0.824. The van der Waals surface area contributed by atoms with E-state index in [0.29, 0.717) is 13.0 Å². The van der Waals surface area contributed by atoms with Crippen molar-refractivity contribution < 1.29 is 9.90 Å². The van der Waals surface area contributed by atoms with E-state index in [9.17, 15) is 9.90 Å². The van der Waals surface area contributed by atoms with Crippen LogP contribution in [0.5, 0.6) is 0 Å². The number of aliphatic hydroxyl groups excluding tert-OH is 1. The molecule has 2 aromatic rings. The van der Waals surface area contributed by atoms with Gasteiger partial charge in [-0.1, -0.05) is 18.2 Å². The van der Waals surface area contributed by atoms with E-state index in [1.54, 1.807) is 6.92 Å². The molecule has 1 unspecified atom stereocenters. The molecular formula is C15H17NO2S. The Kier molecular flexibility index (Phi) is 4.47. The van der Waals surface area contributed by atoms with Gasteiger partial charge in [-0.3, -0.25) is 4.79 Å². The summed E-state index contributed by atoms with van der Waals surface area (Å²) in [5, 5.41) is 9.95. The van der Waals surface area contributed by atoms with Gasteiger partial charge in [0.1, 0.15) is 0 Å². The molecule has 3 N–H and O–H groups in total. The average molecular weight is 275 g/mol. The lowest BCUT2D eigenvalue weighted by molar-refractivity contribution is 0.102. The second-order valence-corrected chi connectivity index (χ2v) is 5.52. The maximum Gasteiger partial charge on any atom is 0.169 e. The van der Waals surface area contributed by atoms with Gasteiger partial charge in [0.05, 0.1) is 11.0 Å². The fraction of sp³-hybridized carbons (Fsp3) is 0.267. The summed E-state index contributed by atoms with van der Waals surface area (Å²) < 4.78 is 0. The predicted molar refractivity (Wildman–Crippen MR) is 78.4 cm³/mol.